The molecule has 15 heavy (non-hydrogen) atoms. The molecular formula is C13H28O2. The molecule has 0 aliphatic heterocycles. The minimum Gasteiger partial charge on any atom is -0.381 e. The van der Waals surface area contributed by atoms with Gasteiger partial charge >= 0.3 is 0 Å². The van der Waals surface area contributed by atoms with E-state index in [-0.39, 0.29) is 5.41 Å². The van der Waals surface area contributed by atoms with E-state index in [1.54, 1.807) is 0 Å². The molecule has 0 spiro atoms. The first-order valence-electron chi connectivity index (χ1n) is 6.22. The van der Waals surface area contributed by atoms with Crippen molar-refractivity contribution in [3.63, 3.8) is 0 Å². The SMILES string of the molecule is CCCCOCCCCOCC(C)(C)C. The third-order valence-corrected chi connectivity index (χ3v) is 2.00. The molecule has 0 unspecified atom stereocenters. The van der Waals surface area contributed by atoms with Gasteiger partial charge in [-0.1, -0.05) is 34.1 Å². The van der Waals surface area contributed by atoms with Crippen LogP contribution in [-0.4, -0.2) is 26.4 Å². The molecule has 0 fully saturated rings. The zero-order valence-electron chi connectivity index (χ0n) is 11.0. The van der Waals surface area contributed by atoms with Crippen molar-refractivity contribution in [2.24, 2.45) is 5.41 Å². The maximum atomic E-state index is 5.57. The maximum Gasteiger partial charge on any atom is 0.0514 e. The standard InChI is InChI=1S/C13H28O2/c1-5-6-9-14-10-7-8-11-15-12-13(2,3)4/h5-12H2,1-4H3. The van der Waals surface area contributed by atoms with E-state index in [1.165, 1.54) is 12.8 Å². The fourth-order valence-electron chi connectivity index (χ4n) is 1.14. The smallest absolute Gasteiger partial charge is 0.0514 e. The first kappa shape index (κ1) is 14.9. The lowest BCUT2D eigenvalue weighted by Gasteiger charge is -2.17. The zero-order valence-corrected chi connectivity index (χ0v) is 11.0. The highest BCUT2D eigenvalue weighted by atomic mass is 16.5. The third-order valence-electron chi connectivity index (χ3n) is 2.00. The van der Waals surface area contributed by atoms with Crippen molar-refractivity contribution in [3.8, 4) is 0 Å². The lowest BCUT2D eigenvalue weighted by molar-refractivity contribution is 0.0613. The van der Waals surface area contributed by atoms with Gasteiger partial charge in [0.1, 0.15) is 0 Å². The van der Waals surface area contributed by atoms with Crippen LogP contribution in [0.2, 0.25) is 0 Å². The first-order chi connectivity index (χ1) is 7.06. The van der Waals surface area contributed by atoms with Gasteiger partial charge in [0.15, 0.2) is 0 Å². The molecule has 0 aromatic rings. The van der Waals surface area contributed by atoms with E-state index in [4.69, 9.17) is 9.47 Å². The van der Waals surface area contributed by atoms with E-state index >= 15 is 0 Å². The van der Waals surface area contributed by atoms with Gasteiger partial charge in [0.05, 0.1) is 6.61 Å². The minimum absolute atomic E-state index is 0.289. The van der Waals surface area contributed by atoms with Gasteiger partial charge < -0.3 is 9.47 Å². The third kappa shape index (κ3) is 13.9. The number of hydrogen-bond acceptors (Lipinski definition) is 2. The van der Waals surface area contributed by atoms with Crippen LogP contribution < -0.4 is 0 Å². The quantitative estimate of drug-likeness (QED) is 0.548. The van der Waals surface area contributed by atoms with Crippen LogP contribution in [0.3, 0.4) is 0 Å². The molecule has 0 heterocycles. The van der Waals surface area contributed by atoms with Gasteiger partial charge in [-0.3, -0.25) is 0 Å². The lowest BCUT2D eigenvalue weighted by Crippen LogP contribution is -2.15. The summed E-state index contributed by atoms with van der Waals surface area (Å²) >= 11 is 0. The van der Waals surface area contributed by atoms with Gasteiger partial charge in [-0.25, -0.2) is 0 Å². The highest BCUT2D eigenvalue weighted by Gasteiger charge is 2.09. The minimum atomic E-state index is 0.289. The van der Waals surface area contributed by atoms with Crippen molar-refractivity contribution >= 4 is 0 Å². The van der Waals surface area contributed by atoms with E-state index in [0.29, 0.717) is 0 Å². The predicted octanol–water partition coefficient (Wildman–Crippen LogP) is 3.65. The Morgan fingerprint density at radius 2 is 1.33 bits per heavy atom. The van der Waals surface area contributed by atoms with Crippen LogP contribution in [0.15, 0.2) is 0 Å². The Kier molecular flexibility index (Phi) is 9.12. The highest BCUT2D eigenvalue weighted by Crippen LogP contribution is 2.12. The summed E-state index contributed by atoms with van der Waals surface area (Å²) in [6, 6.07) is 0. The topological polar surface area (TPSA) is 18.5 Å². The molecule has 0 aliphatic rings. The molecule has 0 N–H and O–H groups in total. The van der Waals surface area contributed by atoms with Crippen LogP contribution in [0.5, 0.6) is 0 Å². The van der Waals surface area contributed by atoms with E-state index in [0.717, 1.165) is 39.3 Å². The molecule has 0 aliphatic carbocycles. The van der Waals surface area contributed by atoms with Crippen molar-refractivity contribution in [3.05, 3.63) is 0 Å². The van der Waals surface area contributed by atoms with Crippen LogP contribution in [0.1, 0.15) is 53.4 Å². The van der Waals surface area contributed by atoms with Crippen molar-refractivity contribution in [2.45, 2.75) is 53.4 Å². The summed E-state index contributed by atoms with van der Waals surface area (Å²) in [6.45, 7) is 12.3. The average Bonchev–Trinajstić information content (AvgIpc) is 2.14. The molecule has 0 atom stereocenters. The molecule has 0 bridgehead atoms. The first-order valence-corrected chi connectivity index (χ1v) is 6.22. The Morgan fingerprint density at radius 1 is 0.800 bits per heavy atom. The molecule has 0 saturated heterocycles. The lowest BCUT2D eigenvalue weighted by atomic mass is 9.99. The molecule has 2 nitrogen and oxygen atoms in total. The van der Waals surface area contributed by atoms with Crippen LogP contribution in [-0.2, 0) is 9.47 Å². The Labute approximate surface area is 95.3 Å². The molecule has 0 saturated carbocycles. The fraction of sp³-hybridized carbons (Fsp3) is 1.00. The van der Waals surface area contributed by atoms with Gasteiger partial charge in [0.2, 0.25) is 0 Å². The summed E-state index contributed by atoms with van der Waals surface area (Å²) < 4.78 is 11.0. The Morgan fingerprint density at radius 3 is 1.87 bits per heavy atom. The summed E-state index contributed by atoms with van der Waals surface area (Å²) in [5.41, 5.74) is 0.289. The summed E-state index contributed by atoms with van der Waals surface area (Å²) in [5.74, 6) is 0. The normalized spacial score (nSPS) is 12.0. The molecule has 92 valence electrons. The second-order valence-corrected chi connectivity index (χ2v) is 5.29. The zero-order chi connectivity index (χ0) is 11.6. The van der Waals surface area contributed by atoms with Gasteiger partial charge in [-0.2, -0.15) is 0 Å². The number of rotatable bonds is 9. The number of hydrogen-bond donors (Lipinski definition) is 0. The molecule has 0 aromatic carbocycles. The molecule has 2 heteroatoms. The summed E-state index contributed by atoms with van der Waals surface area (Å²) in [7, 11) is 0. The van der Waals surface area contributed by atoms with Crippen molar-refractivity contribution in [2.75, 3.05) is 26.4 Å². The van der Waals surface area contributed by atoms with Crippen molar-refractivity contribution < 1.29 is 9.47 Å². The molecular weight excluding hydrogens is 188 g/mol. The maximum absolute atomic E-state index is 5.57. The Balaban J connectivity index is 2.99. The molecule has 0 amide bonds. The van der Waals surface area contributed by atoms with Crippen LogP contribution in [0.4, 0.5) is 0 Å². The van der Waals surface area contributed by atoms with Gasteiger partial charge in [0, 0.05) is 19.8 Å². The van der Waals surface area contributed by atoms with Crippen molar-refractivity contribution in [1.29, 1.82) is 0 Å². The Hall–Kier alpha value is -0.0800. The molecule has 0 aromatic heterocycles. The van der Waals surface area contributed by atoms with E-state index in [2.05, 4.69) is 27.7 Å². The summed E-state index contributed by atoms with van der Waals surface area (Å²) in [5, 5.41) is 0. The second-order valence-electron chi connectivity index (χ2n) is 5.29. The highest BCUT2D eigenvalue weighted by molar-refractivity contribution is 4.58. The molecule has 0 rings (SSSR count). The Bertz CT molecular complexity index is 127. The predicted molar refractivity (Wildman–Crippen MR) is 65.2 cm³/mol. The number of unbranched alkanes of at least 4 members (excludes halogenated alkanes) is 2. The average molecular weight is 216 g/mol. The monoisotopic (exact) mass is 216 g/mol. The van der Waals surface area contributed by atoms with Gasteiger partial charge in [0.25, 0.3) is 0 Å². The van der Waals surface area contributed by atoms with Crippen LogP contribution in [0.25, 0.3) is 0 Å². The summed E-state index contributed by atoms with van der Waals surface area (Å²) in [6.07, 6.45) is 4.63. The number of ether oxygens (including phenoxy) is 2. The van der Waals surface area contributed by atoms with E-state index in [1.807, 2.05) is 0 Å². The van der Waals surface area contributed by atoms with Crippen LogP contribution in [0, 0.1) is 5.41 Å². The van der Waals surface area contributed by atoms with E-state index in [9.17, 15) is 0 Å². The summed E-state index contributed by atoms with van der Waals surface area (Å²) in [4.78, 5) is 0. The second kappa shape index (κ2) is 9.17. The van der Waals surface area contributed by atoms with Crippen LogP contribution >= 0.6 is 0 Å². The van der Waals surface area contributed by atoms with E-state index < -0.39 is 0 Å². The molecule has 0 radical (unpaired) electrons. The van der Waals surface area contributed by atoms with Crippen molar-refractivity contribution in [1.82, 2.24) is 0 Å². The van der Waals surface area contributed by atoms with Gasteiger partial charge in [-0.05, 0) is 24.7 Å². The largest absolute Gasteiger partial charge is 0.381 e. The fourth-order valence-corrected chi connectivity index (χ4v) is 1.14. The van der Waals surface area contributed by atoms with Gasteiger partial charge in [-0.15, -0.1) is 0 Å².